The van der Waals surface area contributed by atoms with Gasteiger partial charge in [-0.3, -0.25) is 4.90 Å². The summed E-state index contributed by atoms with van der Waals surface area (Å²) in [5, 5.41) is 22.0. The van der Waals surface area contributed by atoms with Gasteiger partial charge in [-0.1, -0.05) is 12.0 Å². The van der Waals surface area contributed by atoms with Gasteiger partial charge in [-0.15, -0.1) is 6.42 Å². The summed E-state index contributed by atoms with van der Waals surface area (Å²) in [5.41, 5.74) is -0.152. The van der Waals surface area contributed by atoms with Gasteiger partial charge in [-0.2, -0.15) is 0 Å². The Morgan fingerprint density at radius 3 is 2.83 bits per heavy atom. The molecular formula is C35H33F3N4O4. The lowest BCUT2D eigenvalue weighted by Crippen LogP contribution is -2.50. The van der Waals surface area contributed by atoms with Gasteiger partial charge in [0, 0.05) is 30.0 Å². The van der Waals surface area contributed by atoms with Gasteiger partial charge in [-0.25, -0.2) is 23.1 Å². The first-order valence-corrected chi connectivity index (χ1v) is 15.8. The van der Waals surface area contributed by atoms with Crippen LogP contribution in [0.2, 0.25) is 0 Å². The number of piperidine rings is 1. The summed E-state index contributed by atoms with van der Waals surface area (Å²) in [6.45, 7) is 1.50. The van der Waals surface area contributed by atoms with Crippen molar-refractivity contribution in [2.24, 2.45) is 0 Å². The first-order chi connectivity index (χ1) is 22.3. The lowest BCUT2D eigenvalue weighted by atomic mass is 9.94. The standard InChI is InChI=1S/C35H33F3N4O4/c1-2-24-26(37)8-7-19-11-23(44)12-25(29(19)24)32-31(38)33-30-27(42-21(16-43)5-3-6-22(42)17-45-34(30)40-32)13-28(39-33)46-18-35-9-4-10-41(35)15-20(36)14-35/h1,7-8,11-13,20-22,43-44H,3-6,9-10,14-18H2/t20-,21-,22+,35+/m1/s1. The first-order valence-electron chi connectivity index (χ1n) is 15.8. The number of phenols is 1. The summed E-state index contributed by atoms with van der Waals surface area (Å²) in [7, 11) is 0. The normalized spacial score (nSPS) is 25.6. The highest BCUT2D eigenvalue weighted by Crippen LogP contribution is 2.47. The van der Waals surface area contributed by atoms with Crippen LogP contribution in [-0.2, 0) is 0 Å². The van der Waals surface area contributed by atoms with Crippen molar-refractivity contribution in [2.45, 2.75) is 62.3 Å². The number of hydrogen-bond acceptors (Lipinski definition) is 8. The van der Waals surface area contributed by atoms with E-state index < -0.39 is 23.3 Å². The molecule has 4 aliphatic rings. The van der Waals surface area contributed by atoms with Gasteiger partial charge in [0.1, 0.15) is 42.2 Å². The maximum atomic E-state index is 17.0. The fourth-order valence-electron chi connectivity index (χ4n) is 8.24. The number of aromatic hydroxyl groups is 1. The number of hydrogen-bond donors (Lipinski definition) is 2. The number of ether oxygens (including phenoxy) is 2. The first kappa shape index (κ1) is 29.2. The molecule has 6 heterocycles. The van der Waals surface area contributed by atoms with Crippen molar-refractivity contribution in [3.63, 3.8) is 0 Å². The van der Waals surface area contributed by atoms with E-state index in [2.05, 4.69) is 25.7 Å². The Morgan fingerprint density at radius 1 is 1.13 bits per heavy atom. The number of benzene rings is 2. The molecule has 11 heteroatoms. The van der Waals surface area contributed by atoms with E-state index >= 15 is 4.39 Å². The van der Waals surface area contributed by atoms with Gasteiger partial charge in [0.2, 0.25) is 11.8 Å². The third-order valence-corrected chi connectivity index (χ3v) is 10.3. The SMILES string of the molecule is C#Cc1c(F)ccc2cc(O)cc(-c3nc4c5c(cc(OC[C@@]67CCCN6C[C@H](F)C7)nc5c3F)N3[C@@H](CO)CCC[C@H]3CO4)c12. The van der Waals surface area contributed by atoms with Crippen molar-refractivity contribution < 1.29 is 32.9 Å². The molecule has 0 aliphatic carbocycles. The van der Waals surface area contributed by atoms with E-state index in [4.69, 9.17) is 15.9 Å². The average molecular weight is 631 g/mol. The smallest absolute Gasteiger partial charge is 0.225 e. The Kier molecular flexibility index (Phi) is 6.92. The summed E-state index contributed by atoms with van der Waals surface area (Å²) in [6, 6.07) is 6.78. The molecule has 46 heavy (non-hydrogen) atoms. The maximum Gasteiger partial charge on any atom is 0.225 e. The fourth-order valence-corrected chi connectivity index (χ4v) is 8.24. The van der Waals surface area contributed by atoms with E-state index in [0.717, 1.165) is 38.6 Å². The molecule has 8 rings (SSSR count). The van der Waals surface area contributed by atoms with E-state index in [-0.39, 0.29) is 77.1 Å². The van der Waals surface area contributed by atoms with Crippen LogP contribution in [0.15, 0.2) is 30.3 Å². The highest BCUT2D eigenvalue weighted by molar-refractivity contribution is 6.04. The topological polar surface area (TPSA) is 91.2 Å². The lowest BCUT2D eigenvalue weighted by Gasteiger charge is -2.42. The van der Waals surface area contributed by atoms with Crippen LogP contribution in [0.1, 0.15) is 44.1 Å². The Bertz CT molecular complexity index is 1930. The molecule has 238 valence electrons. The summed E-state index contributed by atoms with van der Waals surface area (Å²) in [6.07, 6.45) is 9.30. The molecule has 2 N–H and O–H groups in total. The number of alkyl halides is 1. The summed E-state index contributed by atoms with van der Waals surface area (Å²) in [5.74, 6) is 0.983. The third-order valence-electron chi connectivity index (χ3n) is 10.3. The van der Waals surface area contributed by atoms with Crippen LogP contribution in [0.5, 0.6) is 17.5 Å². The molecule has 0 bridgehead atoms. The number of fused-ring (bicyclic) bond motifs is 4. The van der Waals surface area contributed by atoms with E-state index in [9.17, 15) is 19.0 Å². The van der Waals surface area contributed by atoms with Gasteiger partial charge in [-0.05, 0) is 62.2 Å². The van der Waals surface area contributed by atoms with E-state index in [1.54, 1.807) is 6.07 Å². The highest BCUT2D eigenvalue weighted by atomic mass is 19.1. The van der Waals surface area contributed by atoms with Crippen molar-refractivity contribution in [2.75, 3.05) is 37.8 Å². The van der Waals surface area contributed by atoms with Crippen molar-refractivity contribution >= 4 is 27.4 Å². The minimum Gasteiger partial charge on any atom is -0.508 e. The summed E-state index contributed by atoms with van der Waals surface area (Å²) in [4.78, 5) is 13.5. The van der Waals surface area contributed by atoms with E-state index in [1.807, 2.05) is 0 Å². The quantitative estimate of drug-likeness (QED) is 0.280. The molecule has 2 aromatic carbocycles. The van der Waals surface area contributed by atoms with Gasteiger partial charge in [0.25, 0.3) is 0 Å². The Morgan fingerprint density at radius 2 is 2.00 bits per heavy atom. The second-order valence-electron chi connectivity index (χ2n) is 12.9. The van der Waals surface area contributed by atoms with E-state index in [0.29, 0.717) is 29.4 Å². The molecule has 0 saturated carbocycles. The molecule has 0 unspecified atom stereocenters. The Balaban J connectivity index is 1.35. The number of terminal acetylenes is 1. The largest absolute Gasteiger partial charge is 0.508 e. The number of phenolic OH excluding ortho intramolecular Hbond substituents is 1. The second kappa shape index (κ2) is 10.9. The molecule has 4 aromatic rings. The van der Waals surface area contributed by atoms with Crippen molar-refractivity contribution in [3.8, 4) is 41.1 Å². The van der Waals surface area contributed by atoms with Crippen molar-refractivity contribution in [1.29, 1.82) is 0 Å². The zero-order valence-electron chi connectivity index (χ0n) is 25.1. The summed E-state index contributed by atoms with van der Waals surface area (Å²) < 4.78 is 59.0. The average Bonchev–Trinajstić information content (AvgIpc) is 3.52. The number of halogens is 3. The molecular weight excluding hydrogens is 597 g/mol. The molecule has 8 nitrogen and oxygen atoms in total. The Labute approximate surface area is 263 Å². The van der Waals surface area contributed by atoms with E-state index in [1.165, 1.54) is 24.3 Å². The molecule has 0 spiro atoms. The van der Waals surface area contributed by atoms with Crippen LogP contribution in [0.25, 0.3) is 32.9 Å². The van der Waals surface area contributed by atoms with Crippen LogP contribution in [0.3, 0.4) is 0 Å². The molecule has 0 radical (unpaired) electrons. The number of nitrogens with zero attached hydrogens (tertiary/aromatic N) is 4. The molecule has 3 fully saturated rings. The second-order valence-corrected chi connectivity index (χ2v) is 12.9. The number of pyridine rings is 2. The van der Waals surface area contributed by atoms with Crippen LogP contribution in [-0.4, -0.2) is 81.8 Å². The number of aliphatic hydroxyl groups excluding tert-OH is 1. The van der Waals surface area contributed by atoms with Gasteiger partial charge >= 0.3 is 0 Å². The zero-order chi connectivity index (χ0) is 31.7. The van der Waals surface area contributed by atoms with Crippen molar-refractivity contribution in [1.82, 2.24) is 14.9 Å². The number of rotatable bonds is 5. The van der Waals surface area contributed by atoms with Crippen LogP contribution in [0.4, 0.5) is 18.9 Å². The van der Waals surface area contributed by atoms with Gasteiger partial charge < -0.3 is 24.6 Å². The maximum absolute atomic E-state index is 17.0. The molecule has 2 aromatic heterocycles. The van der Waals surface area contributed by atoms with Crippen LogP contribution in [0, 0.1) is 24.0 Å². The monoisotopic (exact) mass is 630 g/mol. The zero-order valence-corrected chi connectivity index (χ0v) is 25.1. The fraction of sp³-hybridized carbons (Fsp3) is 0.429. The predicted octanol–water partition coefficient (Wildman–Crippen LogP) is 5.48. The number of aromatic nitrogens is 2. The van der Waals surface area contributed by atoms with Crippen molar-refractivity contribution in [3.05, 3.63) is 47.5 Å². The van der Waals surface area contributed by atoms with Crippen LogP contribution < -0.4 is 14.4 Å². The predicted molar refractivity (Wildman–Crippen MR) is 167 cm³/mol. The minimum absolute atomic E-state index is 0.0823. The molecule has 4 atom stereocenters. The molecule has 4 aliphatic heterocycles. The van der Waals surface area contributed by atoms with Gasteiger partial charge in [0.05, 0.1) is 40.9 Å². The Hall–Kier alpha value is -4.27. The molecule has 0 amide bonds. The highest BCUT2D eigenvalue weighted by Gasteiger charge is 2.49. The summed E-state index contributed by atoms with van der Waals surface area (Å²) >= 11 is 0. The van der Waals surface area contributed by atoms with Crippen LogP contribution >= 0.6 is 0 Å². The lowest BCUT2D eigenvalue weighted by molar-refractivity contribution is 0.111. The number of aliphatic hydroxyl groups is 1. The third kappa shape index (κ3) is 4.45. The molecule has 3 saturated heterocycles. The number of anilines is 1. The minimum atomic E-state index is -0.932. The van der Waals surface area contributed by atoms with Gasteiger partial charge in [0.15, 0.2) is 5.82 Å².